The number of ether oxygens (including phenoxy) is 1. The molecule has 1 fully saturated rings. The number of nitrogens with zero attached hydrogens (tertiary/aromatic N) is 1. The third-order valence-corrected chi connectivity index (χ3v) is 8.30. The fourth-order valence-electron chi connectivity index (χ4n) is 3.91. The zero-order chi connectivity index (χ0) is 25.6. The van der Waals surface area contributed by atoms with Crippen molar-refractivity contribution >= 4 is 33.5 Å². The van der Waals surface area contributed by atoms with Crippen LogP contribution in [0.4, 0.5) is 0 Å². The molecule has 0 aromatic heterocycles. The first-order valence-corrected chi connectivity index (χ1v) is 13.3. The van der Waals surface area contributed by atoms with Crippen LogP contribution in [0.25, 0.3) is 0 Å². The van der Waals surface area contributed by atoms with Crippen LogP contribution in [0.1, 0.15) is 49.9 Å². The predicted molar refractivity (Wildman–Crippen MR) is 133 cm³/mol. The number of piperidine rings is 1. The molecule has 0 aliphatic carbocycles. The summed E-state index contributed by atoms with van der Waals surface area (Å²) in [6.45, 7) is 4.76. The molecule has 35 heavy (non-hydrogen) atoms. The fourth-order valence-corrected chi connectivity index (χ4v) is 5.55. The van der Waals surface area contributed by atoms with Crippen LogP contribution in [0.3, 0.4) is 0 Å². The lowest BCUT2D eigenvalue weighted by Crippen LogP contribution is -2.49. The molecule has 2 N–H and O–H groups in total. The first-order valence-electron chi connectivity index (χ1n) is 11.5. The van der Waals surface area contributed by atoms with Gasteiger partial charge in [0.2, 0.25) is 15.9 Å². The summed E-state index contributed by atoms with van der Waals surface area (Å²) in [5, 5.41) is 12.8. The Kier molecular flexibility index (Phi) is 8.79. The fraction of sp³-hybridized carbons (Fsp3) is 0.440. The average molecular weight is 523 g/mol. The highest BCUT2D eigenvalue weighted by atomic mass is 35.5. The number of nitrogens with one attached hydrogen (secondary N) is 1. The molecular formula is C25H31ClN2O6S. The minimum absolute atomic E-state index is 0.0400. The zero-order valence-electron chi connectivity index (χ0n) is 19.9. The van der Waals surface area contributed by atoms with Gasteiger partial charge >= 0.3 is 5.97 Å². The van der Waals surface area contributed by atoms with Crippen molar-refractivity contribution in [1.82, 2.24) is 9.62 Å². The number of amides is 1. The Bertz CT molecular complexity index is 1140. The molecule has 1 heterocycles. The monoisotopic (exact) mass is 522 g/mol. The molecule has 1 amide bonds. The number of carbonyl (C=O) groups excluding carboxylic acids is 1. The normalized spacial score (nSPS) is 15.5. The highest BCUT2D eigenvalue weighted by Gasteiger charge is 2.33. The second kappa shape index (κ2) is 11.4. The van der Waals surface area contributed by atoms with E-state index in [4.69, 9.17) is 21.4 Å². The number of carbonyl (C=O) groups is 2. The number of carboxylic acids is 1. The first kappa shape index (κ1) is 27.0. The van der Waals surface area contributed by atoms with Gasteiger partial charge in [0.15, 0.2) is 0 Å². The molecule has 10 heteroatoms. The Balaban J connectivity index is 1.46. The van der Waals surface area contributed by atoms with Crippen LogP contribution in [0, 0.1) is 5.41 Å². The Hall–Kier alpha value is -2.62. The molecule has 2 aromatic rings. The van der Waals surface area contributed by atoms with Gasteiger partial charge < -0.3 is 15.2 Å². The molecule has 0 spiro atoms. The van der Waals surface area contributed by atoms with Crippen LogP contribution in [0.15, 0.2) is 53.4 Å². The second-order valence-corrected chi connectivity index (χ2v) is 11.6. The maximum Gasteiger partial charge on any atom is 0.335 e. The van der Waals surface area contributed by atoms with Crippen LogP contribution in [0.2, 0.25) is 5.02 Å². The molecule has 0 unspecified atom stereocenters. The number of hydrogen-bond donors (Lipinski definition) is 2. The van der Waals surface area contributed by atoms with Crippen LogP contribution in [-0.2, 0) is 14.8 Å². The standard InChI is InChI=1S/C25H31ClN2O6S/c1-25(2,13-4-16-34-21-9-7-19(26)8-10-21)24(31)27-20-11-14-28(15-12-20)35(32,33)22-6-3-5-18(17-22)23(29)30/h3,5-10,17,20H,4,11-16H2,1-2H3,(H,27,31)(H,29,30). The summed E-state index contributed by atoms with van der Waals surface area (Å²) < 4.78 is 32.9. The van der Waals surface area contributed by atoms with Crippen LogP contribution >= 0.6 is 11.6 Å². The van der Waals surface area contributed by atoms with Crippen molar-refractivity contribution in [1.29, 1.82) is 0 Å². The van der Waals surface area contributed by atoms with E-state index in [1.54, 1.807) is 24.3 Å². The van der Waals surface area contributed by atoms with Crippen molar-refractivity contribution in [2.24, 2.45) is 5.41 Å². The van der Waals surface area contributed by atoms with Crippen molar-refractivity contribution in [2.75, 3.05) is 19.7 Å². The quantitative estimate of drug-likeness (QED) is 0.452. The van der Waals surface area contributed by atoms with Gasteiger partial charge in [0, 0.05) is 29.6 Å². The summed E-state index contributed by atoms with van der Waals surface area (Å²) in [6, 6.07) is 12.4. The van der Waals surface area contributed by atoms with E-state index in [1.807, 2.05) is 13.8 Å². The molecule has 1 aliphatic heterocycles. The lowest BCUT2D eigenvalue weighted by atomic mass is 9.86. The van der Waals surface area contributed by atoms with E-state index in [9.17, 15) is 18.0 Å². The Morgan fingerprint density at radius 3 is 2.43 bits per heavy atom. The van der Waals surface area contributed by atoms with E-state index in [1.165, 1.54) is 28.6 Å². The van der Waals surface area contributed by atoms with Crippen molar-refractivity contribution in [3.63, 3.8) is 0 Å². The van der Waals surface area contributed by atoms with Crippen LogP contribution in [0.5, 0.6) is 5.75 Å². The summed E-state index contributed by atoms with van der Waals surface area (Å²) in [4.78, 5) is 24.0. The third-order valence-electron chi connectivity index (χ3n) is 6.15. The van der Waals surface area contributed by atoms with E-state index >= 15 is 0 Å². The maximum absolute atomic E-state index is 12.9. The predicted octanol–water partition coefficient (Wildman–Crippen LogP) is 4.19. The Morgan fingerprint density at radius 2 is 1.80 bits per heavy atom. The molecular weight excluding hydrogens is 492 g/mol. The van der Waals surface area contributed by atoms with E-state index in [0.717, 1.165) is 5.75 Å². The summed E-state index contributed by atoms with van der Waals surface area (Å²) in [6.07, 6.45) is 2.31. The molecule has 0 atom stereocenters. The lowest BCUT2D eigenvalue weighted by Gasteiger charge is -2.34. The van der Waals surface area contributed by atoms with Crippen molar-refractivity contribution in [2.45, 2.75) is 50.5 Å². The number of carboxylic acid groups (broad SMARTS) is 1. The van der Waals surface area contributed by atoms with Gasteiger partial charge in [0.1, 0.15) is 5.75 Å². The minimum Gasteiger partial charge on any atom is -0.494 e. The lowest BCUT2D eigenvalue weighted by molar-refractivity contribution is -0.130. The summed E-state index contributed by atoms with van der Waals surface area (Å²) in [5.74, 6) is -0.518. The second-order valence-electron chi connectivity index (χ2n) is 9.27. The topological polar surface area (TPSA) is 113 Å². The number of halogens is 1. The van der Waals surface area contributed by atoms with Crippen molar-refractivity contribution < 1.29 is 27.9 Å². The highest BCUT2D eigenvalue weighted by Crippen LogP contribution is 2.26. The average Bonchev–Trinajstić information content (AvgIpc) is 2.83. The molecule has 1 aliphatic rings. The largest absolute Gasteiger partial charge is 0.494 e. The van der Waals surface area contributed by atoms with Crippen LogP contribution in [-0.4, -0.2) is 55.4 Å². The minimum atomic E-state index is -3.80. The number of sulfonamides is 1. The summed E-state index contributed by atoms with van der Waals surface area (Å²) >= 11 is 5.87. The SMILES string of the molecule is CC(C)(CCCOc1ccc(Cl)cc1)C(=O)NC1CCN(S(=O)(=O)c2cccc(C(=O)O)c2)CC1. The number of benzene rings is 2. The van der Waals surface area contributed by atoms with E-state index in [-0.39, 0.29) is 35.5 Å². The van der Waals surface area contributed by atoms with E-state index < -0.39 is 21.4 Å². The Morgan fingerprint density at radius 1 is 1.14 bits per heavy atom. The summed E-state index contributed by atoms with van der Waals surface area (Å²) in [5.41, 5.74) is -0.668. The third kappa shape index (κ3) is 7.19. The van der Waals surface area contributed by atoms with Gasteiger partial charge in [-0.05, 0) is 68.1 Å². The van der Waals surface area contributed by atoms with Gasteiger partial charge in [0.25, 0.3) is 0 Å². The van der Waals surface area contributed by atoms with Crippen LogP contribution < -0.4 is 10.1 Å². The van der Waals surface area contributed by atoms with Gasteiger partial charge in [-0.1, -0.05) is 31.5 Å². The van der Waals surface area contributed by atoms with Gasteiger partial charge in [-0.2, -0.15) is 4.31 Å². The molecule has 2 aromatic carbocycles. The number of aromatic carboxylic acids is 1. The smallest absolute Gasteiger partial charge is 0.335 e. The maximum atomic E-state index is 12.9. The zero-order valence-corrected chi connectivity index (χ0v) is 21.4. The van der Waals surface area contributed by atoms with E-state index in [0.29, 0.717) is 37.3 Å². The molecule has 8 nitrogen and oxygen atoms in total. The van der Waals surface area contributed by atoms with Gasteiger partial charge in [-0.25, -0.2) is 13.2 Å². The molecule has 190 valence electrons. The number of hydrogen-bond acceptors (Lipinski definition) is 5. The molecule has 3 rings (SSSR count). The highest BCUT2D eigenvalue weighted by molar-refractivity contribution is 7.89. The first-order chi connectivity index (χ1) is 16.5. The molecule has 1 saturated heterocycles. The molecule has 0 saturated carbocycles. The van der Waals surface area contributed by atoms with Gasteiger partial charge in [0.05, 0.1) is 17.1 Å². The molecule has 0 radical (unpaired) electrons. The van der Waals surface area contributed by atoms with E-state index in [2.05, 4.69) is 5.32 Å². The van der Waals surface area contributed by atoms with Gasteiger partial charge in [-0.15, -0.1) is 0 Å². The Labute approximate surface area is 211 Å². The summed E-state index contributed by atoms with van der Waals surface area (Å²) in [7, 11) is -3.80. The van der Waals surface area contributed by atoms with Gasteiger partial charge in [-0.3, -0.25) is 4.79 Å². The van der Waals surface area contributed by atoms with Crippen molar-refractivity contribution in [3.8, 4) is 5.75 Å². The number of rotatable bonds is 10. The molecule has 0 bridgehead atoms. The van der Waals surface area contributed by atoms with Crippen molar-refractivity contribution in [3.05, 3.63) is 59.1 Å².